The van der Waals surface area contributed by atoms with Crippen molar-refractivity contribution in [2.45, 2.75) is 23.6 Å². The first-order chi connectivity index (χ1) is 9.53. The van der Waals surface area contributed by atoms with Crippen LogP contribution in [0, 0.1) is 0 Å². The first-order valence-electron chi connectivity index (χ1n) is 6.15. The maximum absolute atomic E-state index is 12.2. The third kappa shape index (κ3) is 3.63. The van der Waals surface area contributed by atoms with Gasteiger partial charge in [0.15, 0.2) is 0 Å². The number of rotatable bonds is 6. The lowest BCUT2D eigenvalue weighted by Gasteiger charge is -2.13. The first-order valence-corrected chi connectivity index (χ1v) is 8.45. The van der Waals surface area contributed by atoms with Crippen LogP contribution >= 0.6 is 11.3 Å². The van der Waals surface area contributed by atoms with Crippen LogP contribution in [-0.2, 0) is 16.4 Å². The number of nitrogens with zero attached hydrogens (tertiary/aromatic N) is 1. The minimum Gasteiger partial charge on any atom is -0.396 e. The summed E-state index contributed by atoms with van der Waals surface area (Å²) in [4.78, 5) is 4.83. The minimum absolute atomic E-state index is 0.0134. The quantitative estimate of drug-likeness (QED) is 0.851. The van der Waals surface area contributed by atoms with Gasteiger partial charge in [-0.15, -0.1) is 11.3 Å². The predicted octanol–water partition coefficient (Wildman–Crippen LogP) is 1.72. The SMILES string of the molecule is CC(NS(=O)(=O)c1ccc(CCO)s1)c1cccnc1. The van der Waals surface area contributed by atoms with E-state index in [0.29, 0.717) is 6.42 Å². The van der Waals surface area contributed by atoms with Crippen molar-refractivity contribution in [3.63, 3.8) is 0 Å². The number of hydrogen-bond donors (Lipinski definition) is 2. The van der Waals surface area contributed by atoms with Crippen LogP contribution in [0.2, 0.25) is 0 Å². The highest BCUT2D eigenvalue weighted by atomic mass is 32.2. The molecule has 0 amide bonds. The largest absolute Gasteiger partial charge is 0.396 e. The van der Waals surface area contributed by atoms with E-state index in [0.717, 1.165) is 10.4 Å². The van der Waals surface area contributed by atoms with E-state index in [2.05, 4.69) is 9.71 Å². The topological polar surface area (TPSA) is 79.3 Å². The summed E-state index contributed by atoms with van der Waals surface area (Å²) in [6.07, 6.45) is 3.75. The number of pyridine rings is 1. The Morgan fingerprint density at radius 3 is 2.85 bits per heavy atom. The fourth-order valence-corrected chi connectivity index (χ4v) is 4.33. The summed E-state index contributed by atoms with van der Waals surface area (Å²) in [5, 5.41) is 8.86. The van der Waals surface area contributed by atoms with E-state index in [1.807, 2.05) is 6.07 Å². The molecule has 1 atom stereocenters. The van der Waals surface area contributed by atoms with Gasteiger partial charge in [0.2, 0.25) is 0 Å². The Kier molecular flexibility index (Phi) is 4.87. The molecule has 0 radical (unpaired) electrons. The average molecular weight is 312 g/mol. The molecule has 0 saturated carbocycles. The Hall–Kier alpha value is -1.28. The van der Waals surface area contributed by atoms with Gasteiger partial charge in [-0.3, -0.25) is 4.98 Å². The standard InChI is InChI=1S/C13H16N2O3S2/c1-10(11-3-2-7-14-9-11)15-20(17,18)13-5-4-12(19-13)6-8-16/h2-5,7,9-10,15-16H,6,8H2,1H3. The first kappa shape index (κ1) is 15.1. The molecule has 0 aromatic carbocycles. The highest BCUT2D eigenvalue weighted by molar-refractivity contribution is 7.91. The number of aliphatic hydroxyl groups is 1. The molecule has 0 aliphatic heterocycles. The molecule has 0 spiro atoms. The Morgan fingerprint density at radius 2 is 2.20 bits per heavy atom. The van der Waals surface area contributed by atoms with E-state index < -0.39 is 10.0 Å². The second-order valence-electron chi connectivity index (χ2n) is 4.32. The van der Waals surface area contributed by atoms with Gasteiger partial charge in [-0.2, -0.15) is 0 Å². The second-order valence-corrected chi connectivity index (χ2v) is 7.43. The van der Waals surface area contributed by atoms with Crippen molar-refractivity contribution in [2.24, 2.45) is 0 Å². The van der Waals surface area contributed by atoms with Crippen molar-refractivity contribution in [3.05, 3.63) is 47.1 Å². The lowest BCUT2D eigenvalue weighted by Crippen LogP contribution is -2.26. The van der Waals surface area contributed by atoms with E-state index >= 15 is 0 Å². The molecule has 0 bridgehead atoms. The van der Waals surface area contributed by atoms with Gasteiger partial charge in [-0.05, 0) is 30.7 Å². The van der Waals surface area contributed by atoms with Crippen LogP contribution in [0.4, 0.5) is 0 Å². The Morgan fingerprint density at radius 1 is 1.40 bits per heavy atom. The maximum Gasteiger partial charge on any atom is 0.250 e. The van der Waals surface area contributed by atoms with E-state index in [4.69, 9.17) is 5.11 Å². The molecule has 0 aliphatic rings. The van der Waals surface area contributed by atoms with Crippen molar-refractivity contribution in [1.82, 2.24) is 9.71 Å². The summed E-state index contributed by atoms with van der Waals surface area (Å²) < 4.78 is 27.4. The zero-order valence-electron chi connectivity index (χ0n) is 11.0. The molecule has 1 unspecified atom stereocenters. The van der Waals surface area contributed by atoms with Crippen LogP contribution in [0.3, 0.4) is 0 Å². The van der Waals surface area contributed by atoms with Crippen LogP contribution in [0.15, 0.2) is 40.9 Å². The van der Waals surface area contributed by atoms with Crippen molar-refractivity contribution in [2.75, 3.05) is 6.61 Å². The van der Waals surface area contributed by atoms with Crippen LogP contribution in [-0.4, -0.2) is 25.1 Å². The van der Waals surface area contributed by atoms with E-state index in [-0.39, 0.29) is 16.9 Å². The summed E-state index contributed by atoms with van der Waals surface area (Å²) in [5.74, 6) is 0. The number of sulfonamides is 1. The van der Waals surface area contributed by atoms with Gasteiger partial charge in [0.05, 0.1) is 0 Å². The molecule has 2 heterocycles. The summed E-state index contributed by atoms with van der Waals surface area (Å²) in [6.45, 7) is 1.79. The predicted molar refractivity (Wildman–Crippen MR) is 78.1 cm³/mol. The molecular weight excluding hydrogens is 296 g/mol. The van der Waals surface area contributed by atoms with Gasteiger partial charge in [0, 0.05) is 36.3 Å². The summed E-state index contributed by atoms with van der Waals surface area (Å²) >= 11 is 1.18. The minimum atomic E-state index is -3.55. The number of thiophene rings is 1. The third-order valence-electron chi connectivity index (χ3n) is 2.78. The van der Waals surface area contributed by atoms with Crippen molar-refractivity contribution < 1.29 is 13.5 Å². The fourth-order valence-electron chi connectivity index (χ4n) is 1.74. The molecule has 0 aliphatic carbocycles. The lowest BCUT2D eigenvalue weighted by molar-refractivity contribution is 0.300. The molecule has 20 heavy (non-hydrogen) atoms. The molecule has 2 aromatic heterocycles. The van der Waals surface area contributed by atoms with Crippen LogP contribution < -0.4 is 4.72 Å². The van der Waals surface area contributed by atoms with Crippen molar-refractivity contribution >= 4 is 21.4 Å². The molecule has 2 N–H and O–H groups in total. The van der Waals surface area contributed by atoms with Crippen molar-refractivity contribution in [3.8, 4) is 0 Å². The van der Waals surface area contributed by atoms with Gasteiger partial charge in [0.25, 0.3) is 10.0 Å². The third-order valence-corrected chi connectivity index (χ3v) is 5.95. The molecule has 7 heteroatoms. The van der Waals surface area contributed by atoms with Crippen LogP contribution in [0.5, 0.6) is 0 Å². The normalized spacial score (nSPS) is 13.3. The number of aromatic nitrogens is 1. The molecular formula is C13H16N2O3S2. The molecule has 2 rings (SSSR count). The number of hydrogen-bond acceptors (Lipinski definition) is 5. The van der Waals surface area contributed by atoms with Gasteiger partial charge >= 0.3 is 0 Å². The van der Waals surface area contributed by atoms with Gasteiger partial charge in [-0.1, -0.05) is 6.07 Å². The Bertz CT molecular complexity index is 653. The lowest BCUT2D eigenvalue weighted by atomic mass is 10.2. The summed E-state index contributed by atoms with van der Waals surface area (Å²) in [7, 11) is -3.55. The summed E-state index contributed by atoms with van der Waals surface area (Å²) in [5.41, 5.74) is 0.809. The second kappa shape index (κ2) is 6.45. The highest BCUT2D eigenvalue weighted by Crippen LogP contribution is 2.23. The van der Waals surface area contributed by atoms with Crippen molar-refractivity contribution in [1.29, 1.82) is 0 Å². The van der Waals surface area contributed by atoms with E-state index in [1.165, 1.54) is 11.3 Å². The van der Waals surface area contributed by atoms with E-state index in [1.54, 1.807) is 37.5 Å². The molecule has 0 fully saturated rings. The monoisotopic (exact) mass is 312 g/mol. The smallest absolute Gasteiger partial charge is 0.250 e. The average Bonchev–Trinajstić information content (AvgIpc) is 2.89. The van der Waals surface area contributed by atoms with Gasteiger partial charge in [-0.25, -0.2) is 13.1 Å². The zero-order valence-corrected chi connectivity index (χ0v) is 12.6. The molecule has 0 saturated heterocycles. The molecule has 5 nitrogen and oxygen atoms in total. The van der Waals surface area contributed by atoms with Crippen LogP contribution in [0.1, 0.15) is 23.4 Å². The zero-order chi connectivity index (χ0) is 14.6. The maximum atomic E-state index is 12.2. The van der Waals surface area contributed by atoms with E-state index in [9.17, 15) is 8.42 Å². The Balaban J connectivity index is 2.14. The molecule has 2 aromatic rings. The van der Waals surface area contributed by atoms with Gasteiger partial charge in [0.1, 0.15) is 4.21 Å². The highest BCUT2D eigenvalue weighted by Gasteiger charge is 2.20. The van der Waals surface area contributed by atoms with Crippen LogP contribution in [0.25, 0.3) is 0 Å². The molecule has 108 valence electrons. The fraction of sp³-hybridized carbons (Fsp3) is 0.308. The number of aliphatic hydroxyl groups excluding tert-OH is 1. The Labute approximate surface area is 122 Å². The summed E-state index contributed by atoms with van der Waals surface area (Å²) in [6, 6.07) is 6.53. The number of nitrogens with one attached hydrogen (secondary N) is 1. The van der Waals surface area contributed by atoms with Gasteiger partial charge < -0.3 is 5.11 Å².